The van der Waals surface area contributed by atoms with Crippen molar-refractivity contribution in [3.8, 4) is 5.75 Å². The lowest BCUT2D eigenvalue weighted by molar-refractivity contribution is 0.307. The van der Waals surface area contributed by atoms with Gasteiger partial charge in [0, 0.05) is 11.3 Å². The molecule has 94 valence electrons. The fraction of sp³-hybridized carbons (Fsp3) is 0.0769. The van der Waals surface area contributed by atoms with Gasteiger partial charge in [0.25, 0.3) is 0 Å². The van der Waals surface area contributed by atoms with Crippen LogP contribution in [-0.4, -0.2) is 0 Å². The summed E-state index contributed by atoms with van der Waals surface area (Å²) in [6.07, 6.45) is 0. The zero-order valence-electron chi connectivity index (χ0n) is 9.29. The Morgan fingerprint density at radius 3 is 2.67 bits per heavy atom. The highest BCUT2D eigenvalue weighted by Gasteiger charge is 2.07. The molecule has 0 heterocycles. The fourth-order valence-corrected chi connectivity index (χ4v) is 1.79. The Morgan fingerprint density at radius 1 is 1.17 bits per heavy atom. The molecule has 0 saturated carbocycles. The van der Waals surface area contributed by atoms with Crippen LogP contribution in [-0.2, 0) is 6.61 Å². The maximum absolute atomic E-state index is 12.9. The summed E-state index contributed by atoms with van der Waals surface area (Å²) < 4.78 is 18.4. The van der Waals surface area contributed by atoms with Crippen LogP contribution in [0.1, 0.15) is 5.56 Å². The number of hydrogen-bond acceptors (Lipinski definition) is 2. The number of benzene rings is 2. The van der Waals surface area contributed by atoms with Crippen molar-refractivity contribution in [3.63, 3.8) is 0 Å². The standard InChI is InChI=1S/C13H10Cl2FNO/c14-10-2-1-3-12(13(10)15)18-7-8-4-5-9(16)6-11(8)17/h1-6H,7,17H2. The van der Waals surface area contributed by atoms with Crippen molar-refractivity contribution in [1.29, 1.82) is 0 Å². The van der Waals surface area contributed by atoms with Gasteiger partial charge < -0.3 is 10.5 Å². The second-order valence-corrected chi connectivity index (χ2v) is 4.47. The van der Waals surface area contributed by atoms with Crippen molar-refractivity contribution in [1.82, 2.24) is 0 Å². The lowest BCUT2D eigenvalue weighted by atomic mass is 10.2. The minimum absolute atomic E-state index is 0.201. The Labute approximate surface area is 114 Å². The summed E-state index contributed by atoms with van der Waals surface area (Å²) in [7, 11) is 0. The van der Waals surface area contributed by atoms with Crippen LogP contribution >= 0.6 is 23.2 Å². The topological polar surface area (TPSA) is 35.2 Å². The Balaban J connectivity index is 2.14. The summed E-state index contributed by atoms with van der Waals surface area (Å²) in [4.78, 5) is 0. The van der Waals surface area contributed by atoms with Crippen LogP contribution < -0.4 is 10.5 Å². The van der Waals surface area contributed by atoms with E-state index in [4.69, 9.17) is 33.7 Å². The van der Waals surface area contributed by atoms with E-state index in [0.717, 1.165) is 0 Å². The molecule has 2 nitrogen and oxygen atoms in total. The molecule has 0 bridgehead atoms. The molecular weight excluding hydrogens is 276 g/mol. The highest BCUT2D eigenvalue weighted by atomic mass is 35.5. The molecule has 0 atom stereocenters. The predicted molar refractivity (Wildman–Crippen MR) is 71.6 cm³/mol. The second-order valence-electron chi connectivity index (χ2n) is 3.68. The third kappa shape index (κ3) is 2.86. The van der Waals surface area contributed by atoms with Crippen LogP contribution in [0.25, 0.3) is 0 Å². The van der Waals surface area contributed by atoms with Gasteiger partial charge in [-0.15, -0.1) is 0 Å². The third-order valence-corrected chi connectivity index (χ3v) is 3.21. The SMILES string of the molecule is Nc1cc(F)ccc1COc1cccc(Cl)c1Cl. The van der Waals surface area contributed by atoms with Gasteiger partial charge in [-0.05, 0) is 24.3 Å². The summed E-state index contributed by atoms with van der Waals surface area (Å²) in [6, 6.07) is 9.25. The van der Waals surface area contributed by atoms with Crippen molar-refractivity contribution in [2.75, 3.05) is 5.73 Å². The molecule has 0 saturated heterocycles. The quantitative estimate of drug-likeness (QED) is 0.854. The molecule has 0 aliphatic carbocycles. The number of ether oxygens (including phenoxy) is 1. The number of nitrogen functional groups attached to an aromatic ring is 1. The molecule has 2 rings (SSSR count). The van der Waals surface area contributed by atoms with E-state index in [9.17, 15) is 4.39 Å². The number of nitrogens with two attached hydrogens (primary N) is 1. The molecule has 2 aromatic carbocycles. The van der Waals surface area contributed by atoms with Crippen LogP contribution in [0.2, 0.25) is 10.0 Å². The average molecular weight is 286 g/mol. The average Bonchev–Trinajstić information content (AvgIpc) is 2.33. The van der Waals surface area contributed by atoms with Crippen LogP contribution in [0.15, 0.2) is 36.4 Å². The van der Waals surface area contributed by atoms with Gasteiger partial charge in [0.1, 0.15) is 23.2 Å². The van der Waals surface area contributed by atoms with Crippen LogP contribution in [0.5, 0.6) is 5.75 Å². The van der Waals surface area contributed by atoms with E-state index in [0.29, 0.717) is 27.0 Å². The summed E-state index contributed by atoms with van der Waals surface area (Å²) in [5.41, 5.74) is 6.70. The van der Waals surface area contributed by atoms with E-state index >= 15 is 0 Å². The summed E-state index contributed by atoms with van der Waals surface area (Å²) in [5.74, 6) is 0.0879. The Kier molecular flexibility index (Phi) is 3.94. The third-order valence-electron chi connectivity index (χ3n) is 2.41. The first-order valence-electron chi connectivity index (χ1n) is 5.18. The number of rotatable bonds is 3. The highest BCUT2D eigenvalue weighted by Crippen LogP contribution is 2.32. The second kappa shape index (κ2) is 5.46. The van der Waals surface area contributed by atoms with Crippen LogP contribution in [0.4, 0.5) is 10.1 Å². The van der Waals surface area contributed by atoms with Gasteiger partial charge in [-0.3, -0.25) is 0 Å². The van der Waals surface area contributed by atoms with Gasteiger partial charge >= 0.3 is 0 Å². The summed E-state index contributed by atoms with van der Waals surface area (Å²) in [6.45, 7) is 0.201. The van der Waals surface area contributed by atoms with Gasteiger partial charge in [-0.25, -0.2) is 4.39 Å². The molecule has 0 aliphatic rings. The van der Waals surface area contributed by atoms with Crippen molar-refractivity contribution in [3.05, 3.63) is 57.8 Å². The molecule has 2 N–H and O–H groups in total. The molecule has 0 aliphatic heterocycles. The highest BCUT2D eigenvalue weighted by molar-refractivity contribution is 6.42. The van der Waals surface area contributed by atoms with E-state index in [1.54, 1.807) is 24.3 Å². The van der Waals surface area contributed by atoms with Gasteiger partial charge in [-0.2, -0.15) is 0 Å². The zero-order chi connectivity index (χ0) is 13.1. The van der Waals surface area contributed by atoms with Gasteiger partial charge in [0.2, 0.25) is 0 Å². The molecule has 2 aromatic rings. The summed E-state index contributed by atoms with van der Waals surface area (Å²) in [5, 5.41) is 0.765. The minimum Gasteiger partial charge on any atom is -0.487 e. The van der Waals surface area contributed by atoms with Crippen LogP contribution in [0, 0.1) is 5.82 Å². The Hall–Kier alpha value is -1.45. The molecule has 5 heteroatoms. The predicted octanol–water partition coefficient (Wildman–Crippen LogP) is 4.29. The first-order valence-corrected chi connectivity index (χ1v) is 5.94. The van der Waals surface area contributed by atoms with Crippen molar-refractivity contribution < 1.29 is 9.13 Å². The molecule has 0 fully saturated rings. The van der Waals surface area contributed by atoms with E-state index < -0.39 is 0 Å². The molecule has 0 aromatic heterocycles. The summed E-state index contributed by atoms with van der Waals surface area (Å²) >= 11 is 11.8. The minimum atomic E-state index is -0.378. The Morgan fingerprint density at radius 2 is 1.94 bits per heavy atom. The molecule has 0 amide bonds. The maximum Gasteiger partial charge on any atom is 0.139 e. The molecular formula is C13H10Cl2FNO. The van der Waals surface area contributed by atoms with Gasteiger partial charge in [0.05, 0.1) is 5.02 Å². The zero-order valence-corrected chi connectivity index (χ0v) is 10.8. The van der Waals surface area contributed by atoms with Crippen molar-refractivity contribution in [2.45, 2.75) is 6.61 Å². The largest absolute Gasteiger partial charge is 0.487 e. The van der Waals surface area contributed by atoms with E-state index in [1.165, 1.54) is 12.1 Å². The fourth-order valence-electron chi connectivity index (χ4n) is 1.45. The van der Waals surface area contributed by atoms with E-state index in [-0.39, 0.29) is 12.4 Å². The lowest BCUT2D eigenvalue weighted by Gasteiger charge is -2.10. The van der Waals surface area contributed by atoms with E-state index in [2.05, 4.69) is 0 Å². The molecule has 0 unspecified atom stereocenters. The van der Waals surface area contributed by atoms with Crippen molar-refractivity contribution >= 4 is 28.9 Å². The number of anilines is 1. The maximum atomic E-state index is 12.9. The first kappa shape index (κ1) is 13.0. The molecule has 18 heavy (non-hydrogen) atoms. The molecule has 0 radical (unpaired) electrons. The van der Waals surface area contributed by atoms with Crippen LogP contribution in [0.3, 0.4) is 0 Å². The van der Waals surface area contributed by atoms with Gasteiger partial charge in [-0.1, -0.05) is 35.3 Å². The monoisotopic (exact) mass is 285 g/mol. The first-order chi connectivity index (χ1) is 8.58. The van der Waals surface area contributed by atoms with Gasteiger partial charge in [0.15, 0.2) is 0 Å². The normalized spacial score (nSPS) is 10.4. The van der Waals surface area contributed by atoms with Crippen molar-refractivity contribution in [2.24, 2.45) is 0 Å². The number of hydrogen-bond donors (Lipinski definition) is 1. The Bertz CT molecular complexity index is 575. The number of halogens is 3. The lowest BCUT2D eigenvalue weighted by Crippen LogP contribution is -2.01. The van der Waals surface area contributed by atoms with E-state index in [1.807, 2.05) is 0 Å². The smallest absolute Gasteiger partial charge is 0.139 e. The molecule has 0 spiro atoms.